The Morgan fingerprint density at radius 3 is 2.46 bits per heavy atom. The van der Waals surface area contributed by atoms with Crippen molar-refractivity contribution in [3.8, 4) is 5.75 Å². The maximum atomic E-state index is 13.6. The predicted molar refractivity (Wildman–Crippen MR) is 92.2 cm³/mol. The summed E-state index contributed by atoms with van der Waals surface area (Å²) in [5.41, 5.74) is -0.116. The molecule has 1 amide bonds. The Hall–Kier alpha value is -2.67. The second-order valence-corrected chi connectivity index (χ2v) is 5.79. The Kier molecular flexibility index (Phi) is 6.52. The average Bonchev–Trinajstić information content (AvgIpc) is 2.58. The van der Waals surface area contributed by atoms with Crippen LogP contribution in [0.4, 0.5) is 14.5 Å². The minimum absolute atomic E-state index is 0.185. The molecule has 0 heterocycles. The topological polar surface area (TPSA) is 64.6 Å². The summed E-state index contributed by atoms with van der Waals surface area (Å²) in [6.07, 6.45) is -1.44. The summed E-state index contributed by atoms with van der Waals surface area (Å²) < 4.78 is 37.3. The van der Waals surface area contributed by atoms with Crippen molar-refractivity contribution < 1.29 is 27.8 Å². The first kappa shape index (κ1) is 19.7. The molecule has 5 nitrogen and oxygen atoms in total. The lowest BCUT2D eigenvalue weighted by Crippen LogP contribution is -2.31. The van der Waals surface area contributed by atoms with Gasteiger partial charge in [-0.25, -0.2) is 8.78 Å². The quantitative estimate of drug-likeness (QED) is 0.772. The van der Waals surface area contributed by atoms with Crippen molar-refractivity contribution in [3.05, 3.63) is 58.6 Å². The number of rotatable bonds is 6. The lowest BCUT2D eigenvalue weighted by atomic mass is 10.1. The second-order valence-electron chi connectivity index (χ2n) is 5.35. The van der Waals surface area contributed by atoms with E-state index >= 15 is 0 Å². The molecular weight excluding hydrogens is 368 g/mol. The summed E-state index contributed by atoms with van der Waals surface area (Å²) in [5, 5.41) is 2.48. The molecule has 0 aliphatic heterocycles. The molecule has 2 rings (SSSR count). The molecule has 0 fully saturated rings. The van der Waals surface area contributed by atoms with Gasteiger partial charge in [0.25, 0.3) is 5.91 Å². The maximum absolute atomic E-state index is 13.6. The fourth-order valence-electron chi connectivity index (χ4n) is 2.18. The van der Waals surface area contributed by atoms with Crippen molar-refractivity contribution in [1.82, 2.24) is 0 Å². The Balaban J connectivity index is 2.00. The van der Waals surface area contributed by atoms with Gasteiger partial charge in [-0.2, -0.15) is 0 Å². The lowest BCUT2D eigenvalue weighted by Gasteiger charge is -2.15. The van der Waals surface area contributed by atoms with Crippen molar-refractivity contribution in [3.63, 3.8) is 0 Å². The normalized spacial score (nSPS) is 11.6. The zero-order valence-corrected chi connectivity index (χ0v) is 14.8. The van der Waals surface area contributed by atoms with Gasteiger partial charge in [0, 0.05) is 10.6 Å². The number of hydrogen-bond donors (Lipinski definition) is 1. The molecule has 0 radical (unpaired) electrons. The number of halogens is 3. The summed E-state index contributed by atoms with van der Waals surface area (Å²) in [6, 6.07) is 7.92. The monoisotopic (exact) mass is 383 g/mol. The summed E-state index contributed by atoms with van der Waals surface area (Å²) in [6.45, 7) is 1.29. The van der Waals surface area contributed by atoms with Gasteiger partial charge in [-0.3, -0.25) is 9.59 Å². The van der Waals surface area contributed by atoms with Gasteiger partial charge in [0.05, 0.1) is 13.5 Å². The van der Waals surface area contributed by atoms with Crippen molar-refractivity contribution in [2.24, 2.45) is 0 Å². The maximum Gasteiger partial charge on any atom is 0.311 e. The van der Waals surface area contributed by atoms with E-state index in [2.05, 4.69) is 5.32 Å². The van der Waals surface area contributed by atoms with Gasteiger partial charge in [0.15, 0.2) is 6.10 Å². The van der Waals surface area contributed by atoms with Crippen molar-refractivity contribution in [1.29, 1.82) is 0 Å². The minimum Gasteiger partial charge on any atom is -0.496 e. The first-order chi connectivity index (χ1) is 12.3. The molecule has 26 heavy (non-hydrogen) atoms. The third kappa shape index (κ3) is 4.92. The number of nitrogens with one attached hydrogen (secondary N) is 1. The van der Waals surface area contributed by atoms with Crippen LogP contribution < -0.4 is 10.1 Å². The highest BCUT2D eigenvalue weighted by molar-refractivity contribution is 6.30. The first-order valence-electron chi connectivity index (χ1n) is 7.58. The number of hydrogen-bond acceptors (Lipinski definition) is 4. The van der Waals surface area contributed by atoms with Gasteiger partial charge < -0.3 is 14.8 Å². The summed E-state index contributed by atoms with van der Waals surface area (Å²) in [5.74, 6) is -3.00. The predicted octanol–water partition coefficient (Wildman–Crippen LogP) is 3.74. The lowest BCUT2D eigenvalue weighted by molar-refractivity contribution is -0.152. The van der Waals surface area contributed by atoms with Gasteiger partial charge in [-0.05, 0) is 37.3 Å². The zero-order chi connectivity index (χ0) is 19.3. The van der Waals surface area contributed by atoms with Gasteiger partial charge >= 0.3 is 5.97 Å². The molecule has 2 aromatic rings. The van der Waals surface area contributed by atoms with Crippen LogP contribution in [0.25, 0.3) is 0 Å². The fourth-order valence-corrected chi connectivity index (χ4v) is 2.37. The number of ether oxygens (including phenoxy) is 2. The van der Waals surface area contributed by atoms with E-state index in [1.165, 1.54) is 20.1 Å². The van der Waals surface area contributed by atoms with Crippen molar-refractivity contribution in [2.75, 3.05) is 12.4 Å². The summed E-state index contributed by atoms with van der Waals surface area (Å²) >= 11 is 5.89. The Morgan fingerprint density at radius 1 is 1.19 bits per heavy atom. The Labute approximate surface area is 153 Å². The molecule has 0 spiro atoms. The van der Waals surface area contributed by atoms with E-state index in [1.54, 1.807) is 18.2 Å². The molecule has 0 unspecified atom stereocenters. The van der Waals surface area contributed by atoms with Crippen molar-refractivity contribution >= 4 is 29.2 Å². The van der Waals surface area contributed by atoms with Gasteiger partial charge in [-0.15, -0.1) is 0 Å². The number of para-hydroxylation sites is 1. The van der Waals surface area contributed by atoms with E-state index in [0.717, 1.165) is 12.1 Å². The van der Waals surface area contributed by atoms with Crippen LogP contribution >= 0.6 is 11.6 Å². The average molecular weight is 384 g/mol. The largest absolute Gasteiger partial charge is 0.496 e. The number of methoxy groups -OCH3 is 1. The van der Waals surface area contributed by atoms with Crippen LogP contribution in [0.3, 0.4) is 0 Å². The third-order valence-corrected chi connectivity index (χ3v) is 3.70. The number of carbonyl (C=O) groups is 2. The Bertz CT molecular complexity index is 809. The van der Waals surface area contributed by atoms with E-state index < -0.39 is 35.3 Å². The zero-order valence-electron chi connectivity index (χ0n) is 14.0. The molecule has 8 heteroatoms. The molecule has 0 aliphatic rings. The highest BCUT2D eigenvalue weighted by Crippen LogP contribution is 2.23. The molecule has 138 valence electrons. The molecule has 0 bridgehead atoms. The highest BCUT2D eigenvalue weighted by atomic mass is 35.5. The summed E-state index contributed by atoms with van der Waals surface area (Å²) in [7, 11) is 1.44. The van der Waals surface area contributed by atoms with E-state index in [-0.39, 0.29) is 6.42 Å². The van der Waals surface area contributed by atoms with Crippen LogP contribution in [0.2, 0.25) is 5.02 Å². The van der Waals surface area contributed by atoms with Gasteiger partial charge in [-0.1, -0.05) is 17.7 Å². The molecular formula is C18H16ClF2NO4. The van der Waals surface area contributed by atoms with Crippen LogP contribution in [0.1, 0.15) is 12.5 Å². The van der Waals surface area contributed by atoms with E-state index in [0.29, 0.717) is 16.3 Å². The van der Waals surface area contributed by atoms with Crippen LogP contribution in [-0.2, 0) is 20.7 Å². The molecule has 0 saturated heterocycles. The van der Waals surface area contributed by atoms with Crippen LogP contribution in [0.15, 0.2) is 36.4 Å². The molecule has 0 saturated carbocycles. The smallest absolute Gasteiger partial charge is 0.311 e. The second kappa shape index (κ2) is 8.62. The number of benzene rings is 2. The minimum atomic E-state index is -1.26. The van der Waals surface area contributed by atoms with Crippen LogP contribution in [-0.4, -0.2) is 25.1 Å². The number of carbonyl (C=O) groups excluding carboxylic acids is 2. The number of esters is 1. The SMILES string of the molecule is COc1ccc(Cl)cc1CC(=O)O[C@@H](C)C(=O)Nc1c(F)cccc1F. The summed E-state index contributed by atoms with van der Waals surface area (Å²) in [4.78, 5) is 24.1. The van der Waals surface area contributed by atoms with Crippen LogP contribution in [0.5, 0.6) is 5.75 Å². The standard InChI is InChI=1S/C18H16ClF2NO4/c1-10(18(24)22-17-13(20)4-3-5-14(17)21)26-16(23)9-11-8-12(19)6-7-15(11)25-2/h3-8,10H,9H2,1-2H3,(H,22,24)/t10-/m0/s1. The van der Waals surface area contributed by atoms with E-state index in [1.807, 2.05) is 0 Å². The third-order valence-electron chi connectivity index (χ3n) is 3.47. The van der Waals surface area contributed by atoms with Crippen LogP contribution in [0, 0.1) is 11.6 Å². The Morgan fingerprint density at radius 2 is 1.85 bits per heavy atom. The number of anilines is 1. The van der Waals surface area contributed by atoms with E-state index in [9.17, 15) is 18.4 Å². The molecule has 2 aromatic carbocycles. The molecule has 0 aliphatic carbocycles. The van der Waals surface area contributed by atoms with Gasteiger partial charge in [0.1, 0.15) is 23.1 Å². The van der Waals surface area contributed by atoms with Crippen molar-refractivity contribution in [2.45, 2.75) is 19.4 Å². The van der Waals surface area contributed by atoms with Gasteiger partial charge in [0.2, 0.25) is 0 Å². The molecule has 0 aromatic heterocycles. The highest BCUT2D eigenvalue weighted by Gasteiger charge is 2.21. The molecule has 1 N–H and O–H groups in total. The first-order valence-corrected chi connectivity index (χ1v) is 7.96. The molecule has 1 atom stereocenters. The van der Waals surface area contributed by atoms with E-state index in [4.69, 9.17) is 21.1 Å². The number of amides is 1. The fraction of sp³-hybridized carbons (Fsp3) is 0.222.